The summed E-state index contributed by atoms with van der Waals surface area (Å²) in [6.45, 7) is 3.12. The molecule has 8 heteroatoms. The molecule has 0 aliphatic heterocycles. The van der Waals surface area contributed by atoms with E-state index >= 15 is 0 Å². The van der Waals surface area contributed by atoms with Gasteiger partial charge in [-0.3, -0.25) is 9.78 Å². The zero-order chi connectivity index (χ0) is 21.2. The van der Waals surface area contributed by atoms with E-state index in [1.54, 1.807) is 37.3 Å². The number of aromatic nitrogens is 1. The van der Waals surface area contributed by atoms with Crippen molar-refractivity contribution in [1.29, 1.82) is 0 Å². The fourth-order valence-electron chi connectivity index (χ4n) is 2.74. The van der Waals surface area contributed by atoms with Crippen molar-refractivity contribution >= 4 is 28.5 Å². The molecule has 0 saturated heterocycles. The van der Waals surface area contributed by atoms with Crippen LogP contribution >= 0.6 is 0 Å². The van der Waals surface area contributed by atoms with Gasteiger partial charge in [-0.1, -0.05) is 18.2 Å². The Morgan fingerprint density at radius 1 is 1.07 bits per heavy atom. The molecule has 1 atom stereocenters. The molecule has 29 heavy (non-hydrogen) atoms. The predicted molar refractivity (Wildman–Crippen MR) is 101 cm³/mol. The number of aryl methyl sites for hydroxylation is 1. The molecule has 0 bridgehead atoms. The number of nitrogens with one attached hydrogen (secondary N) is 1. The highest BCUT2D eigenvalue weighted by molar-refractivity contribution is 6.05. The Labute approximate surface area is 164 Å². The molecule has 2 aromatic carbocycles. The molecule has 5 nitrogen and oxygen atoms in total. The number of hydrogen-bond donors (Lipinski definition) is 1. The number of carbonyl (C=O) groups excluding carboxylic acids is 2. The van der Waals surface area contributed by atoms with Crippen LogP contribution in [0.15, 0.2) is 54.6 Å². The Balaban J connectivity index is 1.71. The van der Waals surface area contributed by atoms with Crippen molar-refractivity contribution in [1.82, 2.24) is 4.98 Å². The molecule has 1 amide bonds. The molecular formula is C21H17F3N2O3. The molecule has 0 fully saturated rings. The lowest BCUT2D eigenvalue weighted by Gasteiger charge is -2.15. The highest BCUT2D eigenvalue weighted by atomic mass is 19.4. The number of halogens is 3. The maximum atomic E-state index is 12.6. The van der Waals surface area contributed by atoms with Gasteiger partial charge in [-0.2, -0.15) is 13.2 Å². The molecule has 3 rings (SSSR count). The number of hydrogen-bond acceptors (Lipinski definition) is 4. The van der Waals surface area contributed by atoms with Crippen LogP contribution in [0.2, 0.25) is 0 Å². The summed E-state index contributed by atoms with van der Waals surface area (Å²) < 4.78 is 43.1. The van der Waals surface area contributed by atoms with Gasteiger partial charge in [0.2, 0.25) is 0 Å². The molecule has 0 aliphatic carbocycles. The quantitative estimate of drug-likeness (QED) is 0.640. The number of para-hydroxylation sites is 1. The van der Waals surface area contributed by atoms with Gasteiger partial charge in [0, 0.05) is 16.8 Å². The van der Waals surface area contributed by atoms with E-state index in [0.717, 1.165) is 24.3 Å². The molecule has 0 aliphatic rings. The van der Waals surface area contributed by atoms with Crippen LogP contribution in [0.3, 0.4) is 0 Å². The molecule has 150 valence electrons. The largest absolute Gasteiger partial charge is 0.449 e. The van der Waals surface area contributed by atoms with Crippen LogP contribution in [0.25, 0.3) is 10.9 Å². The average Bonchev–Trinajstić information content (AvgIpc) is 2.66. The summed E-state index contributed by atoms with van der Waals surface area (Å²) in [4.78, 5) is 29.2. The molecule has 0 unspecified atom stereocenters. The number of benzene rings is 2. The Morgan fingerprint density at radius 2 is 1.72 bits per heavy atom. The summed E-state index contributed by atoms with van der Waals surface area (Å²) in [7, 11) is 0. The highest BCUT2D eigenvalue weighted by Crippen LogP contribution is 2.29. The summed E-state index contributed by atoms with van der Waals surface area (Å²) in [5.41, 5.74) is 0.868. The van der Waals surface area contributed by atoms with Gasteiger partial charge in [-0.25, -0.2) is 4.79 Å². The minimum Gasteiger partial charge on any atom is -0.449 e. The molecule has 3 aromatic rings. The van der Waals surface area contributed by atoms with Crippen LogP contribution in [-0.4, -0.2) is 23.0 Å². The Bertz CT molecular complexity index is 1060. The monoisotopic (exact) mass is 402 g/mol. The van der Waals surface area contributed by atoms with E-state index in [4.69, 9.17) is 4.74 Å². The Kier molecular flexibility index (Phi) is 5.54. The number of fused-ring (bicyclic) bond motifs is 1. The smallest absolute Gasteiger partial charge is 0.416 e. The Morgan fingerprint density at radius 3 is 2.38 bits per heavy atom. The number of nitrogens with zero attached hydrogens (tertiary/aromatic N) is 1. The number of anilines is 1. The van der Waals surface area contributed by atoms with Crippen LogP contribution < -0.4 is 5.32 Å². The third-order valence-corrected chi connectivity index (χ3v) is 4.20. The second kappa shape index (κ2) is 7.90. The van der Waals surface area contributed by atoms with Crippen molar-refractivity contribution in [3.8, 4) is 0 Å². The van der Waals surface area contributed by atoms with Gasteiger partial charge < -0.3 is 10.1 Å². The highest BCUT2D eigenvalue weighted by Gasteiger charge is 2.30. The van der Waals surface area contributed by atoms with Gasteiger partial charge >= 0.3 is 12.1 Å². The zero-order valence-electron chi connectivity index (χ0n) is 15.6. The first-order valence-electron chi connectivity index (χ1n) is 8.70. The number of ether oxygens (including phenoxy) is 1. The Hall–Kier alpha value is -3.42. The van der Waals surface area contributed by atoms with Gasteiger partial charge in [0.05, 0.1) is 16.6 Å². The SMILES string of the molecule is Cc1cc(C(=O)O[C@H](C)C(=O)Nc2ccc(C(F)(F)F)cc2)c2ccccc2n1. The van der Waals surface area contributed by atoms with E-state index in [1.807, 2.05) is 0 Å². The maximum Gasteiger partial charge on any atom is 0.416 e. The molecule has 1 N–H and O–H groups in total. The minimum absolute atomic E-state index is 0.163. The van der Waals surface area contributed by atoms with E-state index in [2.05, 4.69) is 10.3 Å². The van der Waals surface area contributed by atoms with Gasteiger partial charge in [0.15, 0.2) is 6.10 Å². The molecular weight excluding hydrogens is 385 g/mol. The van der Waals surface area contributed by atoms with Gasteiger partial charge in [0.25, 0.3) is 5.91 Å². The molecule has 1 aromatic heterocycles. The van der Waals surface area contributed by atoms with E-state index in [1.165, 1.54) is 6.92 Å². The number of alkyl halides is 3. The van der Waals surface area contributed by atoms with Gasteiger partial charge in [-0.05, 0) is 50.2 Å². The number of rotatable bonds is 4. The third-order valence-electron chi connectivity index (χ3n) is 4.20. The first-order valence-corrected chi connectivity index (χ1v) is 8.70. The second-order valence-electron chi connectivity index (χ2n) is 6.44. The zero-order valence-corrected chi connectivity index (χ0v) is 15.6. The maximum absolute atomic E-state index is 12.6. The molecule has 0 spiro atoms. The summed E-state index contributed by atoms with van der Waals surface area (Å²) in [5.74, 6) is -1.35. The summed E-state index contributed by atoms with van der Waals surface area (Å²) >= 11 is 0. The molecule has 0 saturated carbocycles. The second-order valence-corrected chi connectivity index (χ2v) is 6.44. The summed E-state index contributed by atoms with van der Waals surface area (Å²) in [5, 5.41) is 3.03. The number of esters is 1. The van der Waals surface area contributed by atoms with Crippen LogP contribution in [0.5, 0.6) is 0 Å². The van der Waals surface area contributed by atoms with Crippen molar-refractivity contribution in [3.05, 3.63) is 71.4 Å². The topological polar surface area (TPSA) is 68.3 Å². The van der Waals surface area contributed by atoms with E-state index < -0.39 is 29.7 Å². The molecule has 1 heterocycles. The summed E-state index contributed by atoms with van der Waals surface area (Å²) in [6, 6.07) is 12.6. The first kappa shape index (κ1) is 20.3. The van der Waals surface area contributed by atoms with Crippen LogP contribution in [0, 0.1) is 6.92 Å². The van der Waals surface area contributed by atoms with Crippen molar-refractivity contribution in [3.63, 3.8) is 0 Å². The van der Waals surface area contributed by atoms with Crippen LogP contribution in [-0.2, 0) is 15.7 Å². The van der Waals surface area contributed by atoms with Crippen molar-refractivity contribution < 1.29 is 27.5 Å². The molecule has 0 radical (unpaired) electrons. The van der Waals surface area contributed by atoms with Crippen molar-refractivity contribution in [2.24, 2.45) is 0 Å². The van der Waals surface area contributed by atoms with Crippen molar-refractivity contribution in [2.45, 2.75) is 26.1 Å². The van der Waals surface area contributed by atoms with E-state index in [-0.39, 0.29) is 11.3 Å². The lowest BCUT2D eigenvalue weighted by Crippen LogP contribution is -2.30. The third kappa shape index (κ3) is 4.71. The summed E-state index contributed by atoms with van der Waals surface area (Å²) in [6.07, 6.45) is -5.62. The fraction of sp³-hybridized carbons (Fsp3) is 0.190. The van der Waals surface area contributed by atoms with Crippen LogP contribution in [0.4, 0.5) is 18.9 Å². The minimum atomic E-state index is -4.46. The van der Waals surface area contributed by atoms with Crippen LogP contribution in [0.1, 0.15) is 28.5 Å². The number of pyridine rings is 1. The fourth-order valence-corrected chi connectivity index (χ4v) is 2.74. The normalized spacial score (nSPS) is 12.4. The lowest BCUT2D eigenvalue weighted by molar-refractivity contribution is -0.137. The lowest BCUT2D eigenvalue weighted by atomic mass is 10.1. The van der Waals surface area contributed by atoms with E-state index in [0.29, 0.717) is 16.6 Å². The average molecular weight is 402 g/mol. The number of amides is 1. The number of carbonyl (C=O) groups is 2. The first-order chi connectivity index (χ1) is 13.6. The standard InChI is InChI=1S/C21H17F3N2O3/c1-12-11-17(16-5-3-4-6-18(16)25-12)20(28)29-13(2)19(27)26-15-9-7-14(8-10-15)21(22,23)24/h3-11,13H,1-2H3,(H,26,27)/t13-/m1/s1. The van der Waals surface area contributed by atoms with Gasteiger partial charge in [0.1, 0.15) is 0 Å². The van der Waals surface area contributed by atoms with Gasteiger partial charge in [-0.15, -0.1) is 0 Å². The predicted octanol–water partition coefficient (Wildman–Crippen LogP) is 4.75. The van der Waals surface area contributed by atoms with E-state index in [9.17, 15) is 22.8 Å². The van der Waals surface area contributed by atoms with Crippen molar-refractivity contribution in [2.75, 3.05) is 5.32 Å².